The van der Waals surface area contributed by atoms with Gasteiger partial charge in [-0.2, -0.15) is 0 Å². The molecule has 0 aromatic heterocycles. The van der Waals surface area contributed by atoms with Crippen molar-refractivity contribution in [1.82, 2.24) is 4.90 Å². The van der Waals surface area contributed by atoms with E-state index >= 15 is 0 Å². The number of nitrogens with zero attached hydrogens (tertiary/aromatic N) is 2. The van der Waals surface area contributed by atoms with Crippen molar-refractivity contribution in [2.24, 2.45) is 0 Å². The van der Waals surface area contributed by atoms with Gasteiger partial charge in [0, 0.05) is 24.6 Å². The van der Waals surface area contributed by atoms with Gasteiger partial charge in [-0.25, -0.2) is 4.79 Å². The van der Waals surface area contributed by atoms with E-state index in [1.165, 1.54) is 24.3 Å². The zero-order valence-electron chi connectivity index (χ0n) is 12.5. The van der Waals surface area contributed by atoms with Crippen molar-refractivity contribution in [3.8, 4) is 0 Å². The average molecular weight is 292 g/mol. The molecule has 1 aromatic carbocycles. The van der Waals surface area contributed by atoms with Gasteiger partial charge in [0.1, 0.15) is 6.10 Å². The summed E-state index contributed by atoms with van der Waals surface area (Å²) in [5, 5.41) is 10.6. The van der Waals surface area contributed by atoms with E-state index in [9.17, 15) is 14.9 Å². The van der Waals surface area contributed by atoms with Crippen LogP contribution in [0.1, 0.15) is 23.7 Å². The summed E-state index contributed by atoms with van der Waals surface area (Å²) in [7, 11) is 3.81. The summed E-state index contributed by atoms with van der Waals surface area (Å²) in [6.45, 7) is 5.62. The summed E-state index contributed by atoms with van der Waals surface area (Å²) in [5.41, 5.74) is 0.233. The van der Waals surface area contributed by atoms with Gasteiger partial charge < -0.3 is 9.64 Å². The van der Waals surface area contributed by atoms with Crippen molar-refractivity contribution in [3.05, 3.63) is 52.6 Å². The third-order valence-corrected chi connectivity index (χ3v) is 3.32. The molecule has 0 bridgehead atoms. The van der Waals surface area contributed by atoms with Gasteiger partial charge in [-0.3, -0.25) is 10.1 Å². The third-order valence-electron chi connectivity index (χ3n) is 3.32. The minimum atomic E-state index is -0.510. The zero-order valence-corrected chi connectivity index (χ0v) is 12.5. The molecule has 0 aliphatic carbocycles. The van der Waals surface area contributed by atoms with Gasteiger partial charge in [-0.15, -0.1) is 6.58 Å². The summed E-state index contributed by atoms with van der Waals surface area (Å²) in [6, 6.07) is 5.39. The molecular weight excluding hydrogens is 272 g/mol. The minimum absolute atomic E-state index is 0.0324. The SMILES string of the molecule is C=CC[C@@H](OC(=O)c1ccc([N+](=O)[O-])cc1)[C@H](C)N(C)C. The van der Waals surface area contributed by atoms with Crippen LogP contribution >= 0.6 is 0 Å². The molecule has 0 radical (unpaired) electrons. The van der Waals surface area contributed by atoms with Crippen molar-refractivity contribution < 1.29 is 14.5 Å². The second-order valence-corrected chi connectivity index (χ2v) is 4.98. The molecule has 0 N–H and O–H groups in total. The van der Waals surface area contributed by atoms with E-state index in [0.717, 1.165) is 0 Å². The smallest absolute Gasteiger partial charge is 0.338 e. The fourth-order valence-corrected chi connectivity index (χ4v) is 1.77. The molecule has 0 saturated heterocycles. The largest absolute Gasteiger partial charge is 0.457 e. The predicted molar refractivity (Wildman–Crippen MR) is 80.3 cm³/mol. The van der Waals surface area contributed by atoms with E-state index < -0.39 is 10.9 Å². The molecule has 21 heavy (non-hydrogen) atoms. The van der Waals surface area contributed by atoms with Crippen LogP contribution in [0.5, 0.6) is 0 Å². The van der Waals surface area contributed by atoms with Crippen LogP contribution in [0.25, 0.3) is 0 Å². The van der Waals surface area contributed by atoms with E-state index in [1.54, 1.807) is 6.08 Å². The van der Waals surface area contributed by atoms with Gasteiger partial charge in [0.25, 0.3) is 5.69 Å². The maximum Gasteiger partial charge on any atom is 0.338 e. The number of hydrogen-bond donors (Lipinski definition) is 0. The van der Waals surface area contributed by atoms with E-state index in [0.29, 0.717) is 12.0 Å². The van der Waals surface area contributed by atoms with Gasteiger partial charge in [0.15, 0.2) is 0 Å². The quantitative estimate of drug-likeness (QED) is 0.334. The number of nitro benzene ring substituents is 1. The van der Waals surface area contributed by atoms with Crippen molar-refractivity contribution in [3.63, 3.8) is 0 Å². The Hall–Kier alpha value is -2.21. The Morgan fingerprint density at radius 3 is 2.43 bits per heavy atom. The maximum atomic E-state index is 12.1. The summed E-state index contributed by atoms with van der Waals surface area (Å²) in [5.74, 6) is -0.495. The molecule has 6 heteroatoms. The monoisotopic (exact) mass is 292 g/mol. The van der Waals surface area contributed by atoms with Gasteiger partial charge >= 0.3 is 5.97 Å². The van der Waals surface area contributed by atoms with Crippen LogP contribution in [0, 0.1) is 10.1 Å². The molecule has 0 aliphatic heterocycles. The highest BCUT2D eigenvalue weighted by molar-refractivity contribution is 5.89. The number of ether oxygens (including phenoxy) is 1. The second kappa shape index (κ2) is 7.54. The average Bonchev–Trinajstić information content (AvgIpc) is 2.45. The highest BCUT2D eigenvalue weighted by atomic mass is 16.6. The number of non-ortho nitro benzene ring substituents is 1. The van der Waals surface area contributed by atoms with Crippen LogP contribution in [-0.2, 0) is 4.74 Å². The molecule has 2 atom stereocenters. The zero-order chi connectivity index (χ0) is 16.0. The van der Waals surface area contributed by atoms with Crippen molar-refractivity contribution in [2.75, 3.05) is 14.1 Å². The molecule has 0 heterocycles. The standard InChI is InChI=1S/C15H20N2O4/c1-5-6-14(11(2)16(3)4)21-15(18)12-7-9-13(10-8-12)17(19)20/h5,7-11,14H,1,6H2,2-4H3/t11-,14+/m0/s1. The van der Waals surface area contributed by atoms with E-state index in [4.69, 9.17) is 4.74 Å². The van der Waals surface area contributed by atoms with Crippen molar-refractivity contribution in [2.45, 2.75) is 25.5 Å². The lowest BCUT2D eigenvalue weighted by atomic mass is 10.1. The molecule has 0 fully saturated rings. The Morgan fingerprint density at radius 2 is 2.00 bits per heavy atom. The summed E-state index contributed by atoms with van der Waals surface area (Å²) < 4.78 is 5.48. The number of likely N-dealkylation sites (N-methyl/N-ethyl adjacent to an activating group) is 1. The van der Waals surface area contributed by atoms with Crippen LogP contribution in [0.2, 0.25) is 0 Å². The van der Waals surface area contributed by atoms with Crippen molar-refractivity contribution >= 4 is 11.7 Å². The highest BCUT2D eigenvalue weighted by Crippen LogP contribution is 2.16. The van der Waals surface area contributed by atoms with Crippen LogP contribution < -0.4 is 0 Å². The van der Waals surface area contributed by atoms with Crippen molar-refractivity contribution in [1.29, 1.82) is 0 Å². The van der Waals surface area contributed by atoms with Gasteiger partial charge in [-0.1, -0.05) is 6.08 Å². The van der Waals surface area contributed by atoms with Gasteiger partial charge in [0.2, 0.25) is 0 Å². The van der Waals surface area contributed by atoms with E-state index in [1.807, 2.05) is 25.9 Å². The molecule has 1 rings (SSSR count). The lowest BCUT2D eigenvalue weighted by molar-refractivity contribution is -0.384. The number of carbonyl (C=O) groups is 1. The number of nitro groups is 1. The summed E-state index contributed by atoms with van der Waals surface area (Å²) >= 11 is 0. The maximum absolute atomic E-state index is 12.1. The molecule has 0 spiro atoms. The highest BCUT2D eigenvalue weighted by Gasteiger charge is 2.23. The summed E-state index contributed by atoms with van der Waals surface area (Å²) in [4.78, 5) is 24.1. The van der Waals surface area contributed by atoms with Gasteiger partial charge in [-0.05, 0) is 33.2 Å². The number of benzene rings is 1. The first-order valence-electron chi connectivity index (χ1n) is 6.59. The minimum Gasteiger partial charge on any atom is -0.457 e. The van der Waals surface area contributed by atoms with E-state index in [2.05, 4.69) is 6.58 Å². The normalized spacial score (nSPS) is 13.5. The van der Waals surface area contributed by atoms with Crippen LogP contribution in [0.3, 0.4) is 0 Å². The fraction of sp³-hybridized carbons (Fsp3) is 0.400. The van der Waals surface area contributed by atoms with Crippen LogP contribution in [0.4, 0.5) is 5.69 Å². The molecule has 1 aromatic rings. The molecular formula is C15H20N2O4. The van der Waals surface area contributed by atoms with Gasteiger partial charge in [0.05, 0.1) is 10.5 Å². The topological polar surface area (TPSA) is 72.7 Å². The molecule has 6 nitrogen and oxygen atoms in total. The Balaban J connectivity index is 2.81. The Kier molecular flexibility index (Phi) is 6.05. The molecule has 0 saturated carbocycles. The Labute approximate surface area is 124 Å². The molecule has 114 valence electrons. The summed E-state index contributed by atoms with van der Waals surface area (Å²) in [6.07, 6.45) is 1.92. The first-order valence-corrected chi connectivity index (χ1v) is 6.59. The Morgan fingerprint density at radius 1 is 1.43 bits per heavy atom. The second-order valence-electron chi connectivity index (χ2n) is 4.98. The Bertz CT molecular complexity index is 511. The molecule has 0 amide bonds. The molecule has 0 aliphatic rings. The van der Waals surface area contributed by atoms with E-state index in [-0.39, 0.29) is 17.8 Å². The lowest BCUT2D eigenvalue weighted by Gasteiger charge is -2.28. The predicted octanol–water partition coefficient (Wildman–Crippen LogP) is 2.65. The fourth-order valence-electron chi connectivity index (χ4n) is 1.77. The first kappa shape index (κ1) is 16.8. The van der Waals surface area contributed by atoms with Crippen LogP contribution in [-0.4, -0.2) is 42.0 Å². The number of rotatable bonds is 7. The molecule has 0 unspecified atom stereocenters. The number of carbonyl (C=O) groups excluding carboxylic acids is 1. The van der Waals surface area contributed by atoms with Crippen LogP contribution in [0.15, 0.2) is 36.9 Å². The number of hydrogen-bond acceptors (Lipinski definition) is 5. The lowest BCUT2D eigenvalue weighted by Crippen LogP contribution is -2.39. The third kappa shape index (κ3) is 4.68. The first-order chi connectivity index (χ1) is 9.86. The number of esters is 1.